The molecule has 0 aliphatic rings. The van der Waals surface area contributed by atoms with Crippen LogP contribution in [-0.4, -0.2) is 18.2 Å². The van der Waals surface area contributed by atoms with Gasteiger partial charge in [0.05, 0.1) is 6.54 Å². The van der Waals surface area contributed by atoms with Gasteiger partial charge in [0.15, 0.2) is 5.78 Å². The van der Waals surface area contributed by atoms with E-state index in [1.807, 2.05) is 49.4 Å². The molecule has 0 aromatic heterocycles. The number of carbonyl (C=O) groups excluding carboxylic acids is 2. The molecular formula is C18H20N2O2. The Labute approximate surface area is 130 Å². The number of primary amides is 1. The zero-order valence-electron chi connectivity index (χ0n) is 12.6. The van der Waals surface area contributed by atoms with Crippen LogP contribution in [0, 0.1) is 0 Å². The van der Waals surface area contributed by atoms with E-state index in [9.17, 15) is 9.59 Å². The summed E-state index contributed by atoms with van der Waals surface area (Å²) in [5.74, 6) is -0.375. The fraction of sp³-hybridized carbons (Fsp3) is 0.222. The highest BCUT2D eigenvalue weighted by atomic mass is 16.1. The molecule has 0 saturated heterocycles. The van der Waals surface area contributed by atoms with Crippen LogP contribution in [0.15, 0.2) is 54.6 Å². The van der Waals surface area contributed by atoms with E-state index in [2.05, 4.69) is 5.32 Å². The number of rotatable bonds is 7. The Morgan fingerprint density at radius 3 is 2.18 bits per heavy atom. The topological polar surface area (TPSA) is 72.2 Å². The summed E-state index contributed by atoms with van der Waals surface area (Å²) in [5, 5.41) is 3.27. The number of ketones is 1. The Morgan fingerprint density at radius 2 is 1.64 bits per heavy atom. The third-order valence-corrected chi connectivity index (χ3v) is 3.61. The SMILES string of the molecule is CCC(NCC(=O)c1ccccc1)c1ccc(C(N)=O)cc1. The summed E-state index contributed by atoms with van der Waals surface area (Å²) in [7, 11) is 0. The van der Waals surface area contributed by atoms with Crippen LogP contribution in [0.2, 0.25) is 0 Å². The van der Waals surface area contributed by atoms with E-state index in [0.29, 0.717) is 11.1 Å². The van der Waals surface area contributed by atoms with Crippen LogP contribution >= 0.6 is 0 Å². The van der Waals surface area contributed by atoms with Crippen molar-refractivity contribution < 1.29 is 9.59 Å². The summed E-state index contributed by atoms with van der Waals surface area (Å²) in [6, 6.07) is 16.4. The molecule has 0 bridgehead atoms. The first-order valence-corrected chi connectivity index (χ1v) is 7.33. The van der Waals surface area contributed by atoms with Gasteiger partial charge in [0, 0.05) is 17.2 Å². The number of carbonyl (C=O) groups is 2. The fourth-order valence-electron chi connectivity index (χ4n) is 2.32. The lowest BCUT2D eigenvalue weighted by Crippen LogP contribution is -2.27. The van der Waals surface area contributed by atoms with Crippen molar-refractivity contribution in [2.24, 2.45) is 5.73 Å². The van der Waals surface area contributed by atoms with E-state index in [0.717, 1.165) is 12.0 Å². The van der Waals surface area contributed by atoms with Crippen LogP contribution in [0.1, 0.15) is 45.7 Å². The molecule has 0 saturated carbocycles. The standard InChI is InChI=1S/C18H20N2O2/c1-2-16(13-8-10-15(11-9-13)18(19)22)20-12-17(21)14-6-4-3-5-7-14/h3-11,16,20H,2,12H2,1H3,(H2,19,22). The molecule has 0 aliphatic carbocycles. The van der Waals surface area contributed by atoms with Gasteiger partial charge in [0.1, 0.15) is 0 Å². The van der Waals surface area contributed by atoms with Crippen molar-refractivity contribution >= 4 is 11.7 Å². The Bertz CT molecular complexity index is 636. The van der Waals surface area contributed by atoms with Crippen LogP contribution < -0.4 is 11.1 Å². The molecule has 0 radical (unpaired) electrons. The van der Waals surface area contributed by atoms with Crippen molar-refractivity contribution in [3.05, 3.63) is 71.3 Å². The summed E-state index contributed by atoms with van der Waals surface area (Å²) in [4.78, 5) is 23.2. The highest BCUT2D eigenvalue weighted by molar-refractivity contribution is 5.97. The predicted octanol–water partition coefficient (Wildman–Crippen LogP) is 2.71. The molecule has 0 aliphatic heterocycles. The fourth-order valence-corrected chi connectivity index (χ4v) is 2.32. The molecule has 0 spiro atoms. The first-order chi connectivity index (χ1) is 10.6. The van der Waals surface area contributed by atoms with E-state index in [4.69, 9.17) is 5.73 Å². The Balaban J connectivity index is 2.00. The first kappa shape index (κ1) is 15.9. The van der Waals surface area contributed by atoms with Gasteiger partial charge in [-0.15, -0.1) is 0 Å². The summed E-state index contributed by atoms with van der Waals surface area (Å²) >= 11 is 0. The second-order valence-corrected chi connectivity index (χ2v) is 5.12. The van der Waals surface area contributed by atoms with Gasteiger partial charge < -0.3 is 11.1 Å². The maximum atomic E-state index is 12.1. The second-order valence-electron chi connectivity index (χ2n) is 5.12. The highest BCUT2D eigenvalue weighted by Gasteiger charge is 2.12. The summed E-state index contributed by atoms with van der Waals surface area (Å²) in [5.41, 5.74) is 7.46. The predicted molar refractivity (Wildman–Crippen MR) is 86.8 cm³/mol. The minimum absolute atomic E-state index is 0.0628. The van der Waals surface area contributed by atoms with Gasteiger partial charge in [-0.25, -0.2) is 0 Å². The molecule has 1 amide bonds. The zero-order valence-corrected chi connectivity index (χ0v) is 12.6. The van der Waals surface area contributed by atoms with Gasteiger partial charge in [-0.1, -0.05) is 49.4 Å². The van der Waals surface area contributed by atoms with Gasteiger partial charge in [-0.2, -0.15) is 0 Å². The van der Waals surface area contributed by atoms with Gasteiger partial charge in [-0.3, -0.25) is 9.59 Å². The Hall–Kier alpha value is -2.46. The Kier molecular flexibility index (Phi) is 5.44. The number of hydrogen-bond donors (Lipinski definition) is 2. The van der Waals surface area contributed by atoms with Crippen molar-refractivity contribution in [1.82, 2.24) is 5.32 Å². The van der Waals surface area contributed by atoms with Crippen LogP contribution in [-0.2, 0) is 0 Å². The third-order valence-electron chi connectivity index (χ3n) is 3.61. The average molecular weight is 296 g/mol. The van der Waals surface area contributed by atoms with E-state index >= 15 is 0 Å². The van der Waals surface area contributed by atoms with Gasteiger partial charge in [0.2, 0.25) is 5.91 Å². The van der Waals surface area contributed by atoms with Crippen molar-refractivity contribution in [1.29, 1.82) is 0 Å². The van der Waals surface area contributed by atoms with Gasteiger partial charge in [-0.05, 0) is 24.1 Å². The molecule has 22 heavy (non-hydrogen) atoms. The number of benzene rings is 2. The molecule has 3 N–H and O–H groups in total. The van der Waals surface area contributed by atoms with E-state index in [1.54, 1.807) is 12.1 Å². The monoisotopic (exact) mass is 296 g/mol. The molecule has 1 atom stereocenters. The first-order valence-electron chi connectivity index (χ1n) is 7.33. The molecule has 114 valence electrons. The molecule has 2 aromatic rings. The Morgan fingerprint density at radius 1 is 1.00 bits per heavy atom. The number of Topliss-reactive ketones (excluding diaryl/α,β-unsaturated/α-hetero) is 1. The lowest BCUT2D eigenvalue weighted by molar-refractivity contribution is 0.0983. The summed E-state index contributed by atoms with van der Waals surface area (Å²) < 4.78 is 0. The van der Waals surface area contributed by atoms with E-state index in [1.165, 1.54) is 0 Å². The lowest BCUT2D eigenvalue weighted by atomic mass is 10.0. The molecule has 4 heteroatoms. The van der Waals surface area contributed by atoms with Crippen LogP contribution in [0.4, 0.5) is 0 Å². The van der Waals surface area contributed by atoms with Crippen LogP contribution in [0.3, 0.4) is 0 Å². The second kappa shape index (κ2) is 7.52. The highest BCUT2D eigenvalue weighted by Crippen LogP contribution is 2.17. The van der Waals surface area contributed by atoms with E-state index in [-0.39, 0.29) is 18.4 Å². The molecule has 2 aromatic carbocycles. The minimum Gasteiger partial charge on any atom is -0.366 e. The smallest absolute Gasteiger partial charge is 0.248 e. The molecule has 2 rings (SSSR count). The van der Waals surface area contributed by atoms with E-state index < -0.39 is 5.91 Å². The van der Waals surface area contributed by atoms with Gasteiger partial charge >= 0.3 is 0 Å². The summed E-state index contributed by atoms with van der Waals surface area (Å²) in [6.45, 7) is 2.33. The molecule has 1 unspecified atom stereocenters. The van der Waals surface area contributed by atoms with Gasteiger partial charge in [0.25, 0.3) is 0 Å². The van der Waals surface area contributed by atoms with Crippen molar-refractivity contribution in [3.63, 3.8) is 0 Å². The van der Waals surface area contributed by atoms with Crippen LogP contribution in [0.5, 0.6) is 0 Å². The van der Waals surface area contributed by atoms with Crippen molar-refractivity contribution in [3.8, 4) is 0 Å². The minimum atomic E-state index is -0.438. The number of nitrogens with one attached hydrogen (secondary N) is 1. The largest absolute Gasteiger partial charge is 0.366 e. The number of amides is 1. The maximum absolute atomic E-state index is 12.1. The molecule has 0 fully saturated rings. The quantitative estimate of drug-likeness (QED) is 0.772. The molecule has 0 heterocycles. The van der Waals surface area contributed by atoms with Crippen molar-refractivity contribution in [2.75, 3.05) is 6.54 Å². The average Bonchev–Trinajstić information content (AvgIpc) is 2.56. The number of hydrogen-bond acceptors (Lipinski definition) is 3. The zero-order chi connectivity index (χ0) is 15.9. The maximum Gasteiger partial charge on any atom is 0.248 e. The summed E-state index contributed by atoms with van der Waals surface area (Å²) in [6.07, 6.45) is 0.845. The molecule has 4 nitrogen and oxygen atoms in total. The lowest BCUT2D eigenvalue weighted by Gasteiger charge is -2.17. The number of nitrogens with two attached hydrogens (primary N) is 1. The third kappa shape index (κ3) is 4.02. The normalized spacial score (nSPS) is 11.9. The molecular weight excluding hydrogens is 276 g/mol. The van der Waals surface area contributed by atoms with Crippen LogP contribution in [0.25, 0.3) is 0 Å². The van der Waals surface area contributed by atoms with Crippen molar-refractivity contribution in [2.45, 2.75) is 19.4 Å².